The van der Waals surface area contributed by atoms with Gasteiger partial charge in [0.25, 0.3) is 0 Å². The number of hydrogen-bond acceptors (Lipinski definition) is 3. The Morgan fingerprint density at radius 1 is 0.548 bits per heavy atom. The molecule has 9 aromatic rings. The summed E-state index contributed by atoms with van der Waals surface area (Å²) in [7, 11) is 0. The number of rotatable bonds is 8. The Bertz CT molecular complexity index is 3090. The van der Waals surface area contributed by atoms with Gasteiger partial charge in [-0.1, -0.05) is 112 Å². The molecule has 0 radical (unpaired) electrons. The van der Waals surface area contributed by atoms with E-state index in [0.717, 1.165) is 57.3 Å². The number of aromatic nitrogens is 3. The molecule has 306 valence electrons. The Hall–Kier alpha value is -6.09. The van der Waals surface area contributed by atoms with Gasteiger partial charge in [0.15, 0.2) is 0 Å². The van der Waals surface area contributed by atoms with Gasteiger partial charge in [0.1, 0.15) is 5.65 Å². The Morgan fingerprint density at radius 2 is 1.23 bits per heavy atom. The van der Waals surface area contributed by atoms with Crippen molar-refractivity contribution in [1.29, 1.82) is 0 Å². The normalized spacial score (nSPS) is 13.8. The summed E-state index contributed by atoms with van der Waals surface area (Å²) in [4.78, 5) is 10.2. The van der Waals surface area contributed by atoms with E-state index < -0.39 is 0 Å². The summed E-state index contributed by atoms with van der Waals surface area (Å²) in [6, 6.07) is 61.0. The van der Waals surface area contributed by atoms with Crippen molar-refractivity contribution in [2.24, 2.45) is 5.41 Å². The molecule has 0 amide bonds. The number of para-hydroxylation sites is 1. The Labute approximate surface area is 379 Å². The summed E-state index contributed by atoms with van der Waals surface area (Å²) in [6.45, 7) is 9.12. The SMILES string of the molecule is CC(C)c1cccc(C(C)C)c1-c1ccc2c(c1)c1ccc(Oc3cccc(-c4[c-]ccc(-c5ccc6c(c5)CC5(Cc7ccccc7C5)C6)c4)n3)nc1n2-c1[c-]cccc1.[Pt+2]. The molecule has 0 atom stereocenters. The average molecular weight is 985 g/mol. The van der Waals surface area contributed by atoms with Crippen LogP contribution in [0.5, 0.6) is 11.8 Å². The van der Waals surface area contributed by atoms with E-state index in [0.29, 0.717) is 29.0 Å². The van der Waals surface area contributed by atoms with Crippen molar-refractivity contribution >= 4 is 21.9 Å². The van der Waals surface area contributed by atoms with Gasteiger partial charge < -0.3 is 9.30 Å². The fraction of sp³-hybridized carbons (Fsp3) is 0.193. The molecule has 0 unspecified atom stereocenters. The summed E-state index contributed by atoms with van der Waals surface area (Å²) >= 11 is 0. The molecule has 5 heteroatoms. The minimum Gasteiger partial charge on any atom is -0.421 e. The molecule has 0 aliphatic heterocycles. The molecule has 0 saturated carbocycles. The molecule has 0 fully saturated rings. The summed E-state index contributed by atoms with van der Waals surface area (Å²) in [5, 5.41) is 2.19. The molecule has 2 aliphatic carbocycles. The first kappa shape index (κ1) is 40.0. The minimum absolute atomic E-state index is 0. The van der Waals surface area contributed by atoms with E-state index in [-0.39, 0.29) is 21.1 Å². The summed E-state index contributed by atoms with van der Waals surface area (Å²) < 4.78 is 8.68. The molecule has 0 saturated heterocycles. The van der Waals surface area contributed by atoms with Gasteiger partial charge in [0, 0.05) is 16.8 Å². The van der Waals surface area contributed by atoms with Crippen LogP contribution in [0.25, 0.3) is 61.1 Å². The first-order valence-corrected chi connectivity index (χ1v) is 21.7. The standard InChI is InChI=1S/C57H47N3O.Pt/c1-36(2)47-19-11-20-48(37(3)4)55(47)41-25-27-52-50(31-41)49-26-28-54(59-56(49)60(52)46-17-6-5-7-18-46)61-53-22-12-21-51(58-53)40-16-10-15-38(29-40)39-23-24-44-34-57(35-45(44)30-39)32-42-13-8-9-14-43(42)33-57;/h5-15,17,19-31,36-37H,32-35H2,1-4H3;/q-2;+2. The fourth-order valence-corrected chi connectivity index (χ4v) is 10.3. The van der Waals surface area contributed by atoms with Gasteiger partial charge in [0.05, 0.1) is 5.52 Å². The van der Waals surface area contributed by atoms with Crippen LogP contribution in [0.2, 0.25) is 0 Å². The first-order chi connectivity index (χ1) is 29.8. The predicted octanol–water partition coefficient (Wildman–Crippen LogP) is 14.1. The second-order valence-corrected chi connectivity index (χ2v) is 17.9. The third kappa shape index (κ3) is 7.09. The fourth-order valence-electron chi connectivity index (χ4n) is 10.3. The molecule has 2 aliphatic rings. The smallest absolute Gasteiger partial charge is 0.421 e. The molecule has 3 aromatic heterocycles. The molecule has 3 heterocycles. The Morgan fingerprint density at radius 3 is 1.97 bits per heavy atom. The van der Waals surface area contributed by atoms with Gasteiger partial charge >= 0.3 is 21.1 Å². The maximum Gasteiger partial charge on any atom is 2.00 e. The second kappa shape index (κ2) is 16.0. The minimum atomic E-state index is 0. The van der Waals surface area contributed by atoms with Crippen LogP contribution in [0, 0.1) is 17.5 Å². The zero-order valence-corrected chi connectivity index (χ0v) is 37.8. The molecular weight excluding hydrogens is 938 g/mol. The molecular formula is C57H47N3OPt. The van der Waals surface area contributed by atoms with Crippen LogP contribution >= 0.6 is 0 Å². The molecule has 62 heavy (non-hydrogen) atoms. The van der Waals surface area contributed by atoms with Gasteiger partial charge in [0.2, 0.25) is 11.8 Å². The molecule has 4 nitrogen and oxygen atoms in total. The van der Waals surface area contributed by atoms with Crippen molar-refractivity contribution in [3.63, 3.8) is 0 Å². The van der Waals surface area contributed by atoms with Crippen LogP contribution in [0.1, 0.15) is 72.9 Å². The maximum atomic E-state index is 6.49. The van der Waals surface area contributed by atoms with Crippen LogP contribution in [0.4, 0.5) is 0 Å². The van der Waals surface area contributed by atoms with E-state index in [1.54, 1.807) is 0 Å². The van der Waals surface area contributed by atoms with Crippen LogP contribution in [-0.2, 0) is 46.7 Å². The second-order valence-electron chi connectivity index (χ2n) is 17.9. The summed E-state index contributed by atoms with van der Waals surface area (Å²) in [6.07, 6.45) is 4.64. The molecule has 11 rings (SSSR count). The first-order valence-electron chi connectivity index (χ1n) is 21.7. The van der Waals surface area contributed by atoms with Crippen molar-refractivity contribution < 1.29 is 25.8 Å². The monoisotopic (exact) mass is 984 g/mol. The van der Waals surface area contributed by atoms with E-state index in [9.17, 15) is 0 Å². The molecule has 1 spiro atoms. The van der Waals surface area contributed by atoms with Crippen molar-refractivity contribution in [2.75, 3.05) is 0 Å². The molecule has 0 bridgehead atoms. The van der Waals surface area contributed by atoms with Gasteiger partial charge in [-0.25, -0.2) is 0 Å². The number of nitrogens with zero attached hydrogens (tertiary/aromatic N) is 3. The molecule has 6 aromatic carbocycles. The van der Waals surface area contributed by atoms with Gasteiger partial charge in [-0.2, -0.15) is 29.2 Å². The van der Waals surface area contributed by atoms with E-state index in [2.05, 4.69) is 148 Å². The van der Waals surface area contributed by atoms with Gasteiger partial charge in [-0.15, -0.1) is 41.5 Å². The zero-order chi connectivity index (χ0) is 41.2. The van der Waals surface area contributed by atoms with Crippen LogP contribution < -0.4 is 4.74 Å². The number of pyridine rings is 2. The Balaban J connectivity index is 0.00000458. The molecule has 0 N–H and O–H groups in total. The number of benzene rings is 6. The third-order valence-electron chi connectivity index (χ3n) is 13.1. The van der Waals surface area contributed by atoms with Gasteiger partial charge in [-0.3, -0.25) is 4.98 Å². The van der Waals surface area contributed by atoms with Crippen molar-refractivity contribution in [3.05, 3.63) is 197 Å². The summed E-state index contributed by atoms with van der Waals surface area (Å²) in [5.41, 5.74) is 18.6. The number of hydrogen-bond donors (Lipinski definition) is 0. The van der Waals surface area contributed by atoms with Gasteiger partial charge in [-0.05, 0) is 123 Å². The zero-order valence-electron chi connectivity index (χ0n) is 35.5. The summed E-state index contributed by atoms with van der Waals surface area (Å²) in [5.74, 6) is 1.75. The van der Waals surface area contributed by atoms with Crippen LogP contribution in [-0.4, -0.2) is 14.5 Å². The van der Waals surface area contributed by atoms with E-state index in [1.165, 1.54) is 62.9 Å². The van der Waals surface area contributed by atoms with Crippen LogP contribution in [0.3, 0.4) is 0 Å². The van der Waals surface area contributed by atoms with Crippen molar-refractivity contribution in [2.45, 2.75) is 65.2 Å². The average Bonchev–Trinajstić information content (AvgIpc) is 3.94. The quantitative estimate of drug-likeness (QED) is 0.142. The van der Waals surface area contributed by atoms with E-state index >= 15 is 0 Å². The topological polar surface area (TPSA) is 39.9 Å². The number of fused-ring (bicyclic) bond motifs is 5. The largest absolute Gasteiger partial charge is 2.00 e. The predicted molar refractivity (Wildman–Crippen MR) is 249 cm³/mol. The van der Waals surface area contributed by atoms with E-state index in [4.69, 9.17) is 14.7 Å². The van der Waals surface area contributed by atoms with Crippen molar-refractivity contribution in [1.82, 2.24) is 14.5 Å². The maximum absolute atomic E-state index is 6.49. The van der Waals surface area contributed by atoms with Crippen molar-refractivity contribution in [3.8, 4) is 51.0 Å². The number of ether oxygens (including phenoxy) is 1. The Kier molecular flexibility index (Phi) is 10.3. The third-order valence-corrected chi connectivity index (χ3v) is 13.1. The van der Waals surface area contributed by atoms with Crippen LogP contribution in [0.15, 0.2) is 152 Å². The van der Waals surface area contributed by atoms with E-state index in [1.807, 2.05) is 48.5 Å².